The Morgan fingerprint density at radius 1 is 1.17 bits per heavy atom. The Balaban J connectivity index is 1.92. The van der Waals surface area contributed by atoms with Crippen LogP contribution in [0.1, 0.15) is 39.6 Å². The summed E-state index contributed by atoms with van der Waals surface area (Å²) in [5, 5.41) is 14.3. The molecule has 0 saturated carbocycles. The molecule has 9 heteroatoms. The molecule has 1 aromatic heterocycles. The number of nitrogens with one attached hydrogen (secondary N) is 2. The molecule has 7 nitrogen and oxygen atoms in total. The molecule has 0 bridgehead atoms. The van der Waals surface area contributed by atoms with E-state index in [9.17, 15) is 28.3 Å². The molecule has 0 aliphatic rings. The average Bonchev–Trinajstić information content (AvgIpc) is 3.05. The zero-order valence-electron chi connectivity index (χ0n) is 16.2. The summed E-state index contributed by atoms with van der Waals surface area (Å²) in [7, 11) is 0. The lowest BCUT2D eigenvalue weighted by atomic mass is 9.95. The summed E-state index contributed by atoms with van der Waals surface area (Å²) in [6.45, 7) is 3.69. The number of carbonyl (C=O) groups is 2. The van der Waals surface area contributed by atoms with Crippen LogP contribution in [0.5, 0.6) is 0 Å². The van der Waals surface area contributed by atoms with E-state index >= 15 is 0 Å². The van der Waals surface area contributed by atoms with Gasteiger partial charge in [-0.3, -0.25) is 19.5 Å². The highest BCUT2D eigenvalue weighted by Crippen LogP contribution is 2.23. The van der Waals surface area contributed by atoms with Gasteiger partial charge in [0.2, 0.25) is 0 Å². The zero-order valence-corrected chi connectivity index (χ0v) is 16.2. The SMILES string of the molecule is Cc1cccc(C(CC(=O)O)NC(=O)c2cc(=O)n(-c3ccc(F)cc3F)[nH]2)c1C. The second kappa shape index (κ2) is 8.32. The molecule has 1 atom stereocenters. The quantitative estimate of drug-likeness (QED) is 0.576. The van der Waals surface area contributed by atoms with Crippen LogP contribution in [0.2, 0.25) is 0 Å². The molecule has 2 aromatic carbocycles. The van der Waals surface area contributed by atoms with Crippen LogP contribution >= 0.6 is 0 Å². The Kier molecular flexibility index (Phi) is 5.81. The number of nitrogens with zero attached hydrogens (tertiary/aromatic N) is 1. The van der Waals surface area contributed by atoms with Crippen molar-refractivity contribution in [3.05, 3.63) is 86.8 Å². The summed E-state index contributed by atoms with van der Waals surface area (Å²) in [5.41, 5.74) is 1.23. The third kappa shape index (κ3) is 4.29. The van der Waals surface area contributed by atoms with E-state index in [0.717, 1.165) is 34.0 Å². The van der Waals surface area contributed by atoms with Crippen molar-refractivity contribution in [2.24, 2.45) is 0 Å². The number of aryl methyl sites for hydroxylation is 1. The standard InChI is InChI=1S/C21H19F2N3O4/c1-11-4-3-5-14(12(11)2)16(10-20(28)29)24-21(30)17-9-19(27)26(25-17)18-7-6-13(22)8-15(18)23/h3-9,16,25H,10H2,1-2H3,(H,24,30)(H,28,29). The van der Waals surface area contributed by atoms with Crippen molar-refractivity contribution in [3.8, 4) is 5.69 Å². The molecule has 0 aliphatic heterocycles. The van der Waals surface area contributed by atoms with Gasteiger partial charge in [-0.25, -0.2) is 13.5 Å². The van der Waals surface area contributed by atoms with Crippen LogP contribution in [0.3, 0.4) is 0 Å². The number of halogens is 2. The van der Waals surface area contributed by atoms with Crippen LogP contribution in [0.25, 0.3) is 5.69 Å². The molecule has 30 heavy (non-hydrogen) atoms. The van der Waals surface area contributed by atoms with Gasteiger partial charge in [0, 0.05) is 12.1 Å². The minimum absolute atomic E-state index is 0.190. The van der Waals surface area contributed by atoms with Crippen LogP contribution in [-0.4, -0.2) is 26.8 Å². The van der Waals surface area contributed by atoms with Crippen molar-refractivity contribution >= 4 is 11.9 Å². The molecule has 1 amide bonds. The lowest BCUT2D eigenvalue weighted by Crippen LogP contribution is -2.31. The Hall–Kier alpha value is -3.75. The predicted molar refractivity (Wildman–Crippen MR) is 105 cm³/mol. The smallest absolute Gasteiger partial charge is 0.305 e. The molecule has 0 aliphatic carbocycles. The minimum Gasteiger partial charge on any atom is -0.481 e. The van der Waals surface area contributed by atoms with Crippen LogP contribution < -0.4 is 10.9 Å². The number of aliphatic carboxylic acids is 1. The number of aromatic amines is 1. The van der Waals surface area contributed by atoms with Gasteiger partial charge in [-0.05, 0) is 42.7 Å². The molecule has 0 saturated heterocycles. The number of hydrogen-bond donors (Lipinski definition) is 3. The molecule has 0 fully saturated rings. The van der Waals surface area contributed by atoms with E-state index in [-0.39, 0.29) is 17.8 Å². The molecular formula is C21H19F2N3O4. The van der Waals surface area contributed by atoms with E-state index in [1.165, 1.54) is 0 Å². The fourth-order valence-corrected chi connectivity index (χ4v) is 3.15. The molecule has 1 unspecified atom stereocenters. The monoisotopic (exact) mass is 415 g/mol. The summed E-state index contributed by atoms with van der Waals surface area (Å²) < 4.78 is 27.9. The van der Waals surface area contributed by atoms with Gasteiger partial charge in [-0.1, -0.05) is 18.2 Å². The Morgan fingerprint density at radius 3 is 2.57 bits per heavy atom. The molecular weight excluding hydrogens is 396 g/mol. The van der Waals surface area contributed by atoms with Gasteiger partial charge in [0.25, 0.3) is 11.5 Å². The molecule has 1 heterocycles. The third-order valence-corrected chi connectivity index (χ3v) is 4.82. The van der Waals surface area contributed by atoms with Crippen LogP contribution in [0, 0.1) is 25.5 Å². The third-order valence-electron chi connectivity index (χ3n) is 4.82. The van der Waals surface area contributed by atoms with E-state index in [1.54, 1.807) is 12.1 Å². The van der Waals surface area contributed by atoms with Gasteiger partial charge in [0.05, 0.1) is 12.5 Å². The fraction of sp³-hybridized carbons (Fsp3) is 0.190. The number of H-pyrrole nitrogens is 1. The highest BCUT2D eigenvalue weighted by molar-refractivity contribution is 5.92. The van der Waals surface area contributed by atoms with E-state index in [0.29, 0.717) is 11.6 Å². The van der Waals surface area contributed by atoms with Crippen molar-refractivity contribution in [3.63, 3.8) is 0 Å². The van der Waals surface area contributed by atoms with Crippen LogP contribution in [-0.2, 0) is 4.79 Å². The first-order valence-corrected chi connectivity index (χ1v) is 9.03. The number of amides is 1. The highest BCUT2D eigenvalue weighted by Gasteiger charge is 2.23. The number of carbonyl (C=O) groups excluding carboxylic acids is 1. The first-order chi connectivity index (χ1) is 14.2. The maximum atomic E-state index is 14.0. The minimum atomic E-state index is -1.11. The summed E-state index contributed by atoms with van der Waals surface area (Å²) in [5.74, 6) is -3.63. The summed E-state index contributed by atoms with van der Waals surface area (Å²) in [6.07, 6.45) is -0.367. The van der Waals surface area contributed by atoms with Gasteiger partial charge in [0.15, 0.2) is 5.82 Å². The van der Waals surface area contributed by atoms with E-state index in [1.807, 2.05) is 19.9 Å². The van der Waals surface area contributed by atoms with E-state index in [4.69, 9.17) is 0 Å². The Labute approximate surface area is 170 Å². The first kappa shape index (κ1) is 21.0. The second-order valence-electron chi connectivity index (χ2n) is 6.85. The second-order valence-corrected chi connectivity index (χ2v) is 6.85. The summed E-state index contributed by atoms with van der Waals surface area (Å²) >= 11 is 0. The first-order valence-electron chi connectivity index (χ1n) is 9.03. The van der Waals surface area contributed by atoms with Gasteiger partial charge >= 0.3 is 5.97 Å². The summed E-state index contributed by atoms with van der Waals surface area (Å²) in [4.78, 5) is 36.2. The van der Waals surface area contributed by atoms with Crippen molar-refractivity contribution in [1.82, 2.24) is 15.1 Å². The van der Waals surface area contributed by atoms with Crippen molar-refractivity contribution in [2.45, 2.75) is 26.3 Å². The maximum Gasteiger partial charge on any atom is 0.305 e. The molecule has 3 aromatic rings. The maximum absolute atomic E-state index is 14.0. The molecule has 156 valence electrons. The topological polar surface area (TPSA) is 104 Å². The average molecular weight is 415 g/mol. The molecule has 0 radical (unpaired) electrons. The Morgan fingerprint density at radius 2 is 1.90 bits per heavy atom. The number of benzene rings is 2. The zero-order chi connectivity index (χ0) is 22.0. The van der Waals surface area contributed by atoms with E-state index < -0.39 is 35.1 Å². The number of rotatable bonds is 6. The van der Waals surface area contributed by atoms with Gasteiger partial charge < -0.3 is 10.4 Å². The van der Waals surface area contributed by atoms with Crippen LogP contribution in [0.4, 0.5) is 8.78 Å². The lowest BCUT2D eigenvalue weighted by molar-refractivity contribution is -0.137. The predicted octanol–water partition coefficient (Wildman–Crippen LogP) is 3.01. The molecule has 3 rings (SSSR count). The molecule has 0 spiro atoms. The van der Waals surface area contributed by atoms with Gasteiger partial charge in [-0.15, -0.1) is 0 Å². The largest absolute Gasteiger partial charge is 0.481 e. The number of carboxylic acid groups (broad SMARTS) is 1. The van der Waals surface area contributed by atoms with Crippen molar-refractivity contribution < 1.29 is 23.5 Å². The fourth-order valence-electron chi connectivity index (χ4n) is 3.15. The van der Waals surface area contributed by atoms with Gasteiger partial charge in [-0.2, -0.15) is 0 Å². The normalized spacial score (nSPS) is 11.9. The highest BCUT2D eigenvalue weighted by atomic mass is 19.1. The number of carboxylic acids is 1. The molecule has 3 N–H and O–H groups in total. The van der Waals surface area contributed by atoms with E-state index in [2.05, 4.69) is 10.4 Å². The lowest BCUT2D eigenvalue weighted by Gasteiger charge is -2.20. The van der Waals surface area contributed by atoms with Crippen molar-refractivity contribution in [1.29, 1.82) is 0 Å². The Bertz CT molecular complexity index is 1180. The number of aromatic nitrogens is 2. The van der Waals surface area contributed by atoms with Gasteiger partial charge in [0.1, 0.15) is 17.2 Å². The van der Waals surface area contributed by atoms with Crippen molar-refractivity contribution in [2.75, 3.05) is 0 Å². The number of hydrogen-bond acceptors (Lipinski definition) is 3. The van der Waals surface area contributed by atoms with Crippen LogP contribution in [0.15, 0.2) is 47.3 Å². The summed E-state index contributed by atoms with van der Waals surface area (Å²) in [6, 6.07) is 8.12.